The zero-order valence-corrected chi connectivity index (χ0v) is 22.6. The number of anilines is 1. The molecule has 1 saturated heterocycles. The van der Waals surface area contributed by atoms with Gasteiger partial charge < -0.3 is 14.2 Å². The van der Waals surface area contributed by atoms with E-state index < -0.39 is 0 Å². The molecule has 3 aliphatic rings. The smallest absolute Gasteiger partial charge is 0.235 e. The minimum Gasteiger partial charge on any atom is -0.447 e. The highest BCUT2D eigenvalue weighted by atomic mass is 35.5. The number of oxazole rings is 1. The van der Waals surface area contributed by atoms with Crippen molar-refractivity contribution in [3.05, 3.63) is 94.7 Å². The van der Waals surface area contributed by atoms with Gasteiger partial charge in [-0.25, -0.2) is 4.98 Å². The fraction of sp³-hybridized carbons (Fsp3) is 0.323. The number of rotatable bonds is 8. The molecule has 3 heterocycles. The Hall–Kier alpha value is -3.68. The lowest BCUT2D eigenvalue weighted by Gasteiger charge is -2.36. The summed E-state index contributed by atoms with van der Waals surface area (Å²) in [4.78, 5) is 37.7. The van der Waals surface area contributed by atoms with E-state index in [1.54, 1.807) is 4.90 Å². The molecular weight excluding hydrogens is 512 g/mol. The van der Waals surface area contributed by atoms with Gasteiger partial charge in [-0.2, -0.15) is 0 Å². The number of carbonyl (C=O) groups excluding carboxylic acids is 2. The number of amides is 1. The highest BCUT2D eigenvalue weighted by molar-refractivity contribution is 6.31. The van der Waals surface area contributed by atoms with Crippen LogP contribution in [0, 0.1) is 0 Å². The van der Waals surface area contributed by atoms with Crippen LogP contribution in [0.1, 0.15) is 40.9 Å². The first-order chi connectivity index (χ1) is 19.1. The number of aromatic nitrogens is 1. The first-order valence-corrected chi connectivity index (χ1v) is 13.9. The average molecular weight is 543 g/mol. The molecule has 0 atom stereocenters. The molecule has 0 unspecified atom stereocenters. The van der Waals surface area contributed by atoms with E-state index in [0.717, 1.165) is 56.7 Å². The molecule has 7 nitrogen and oxygen atoms in total. The first kappa shape index (κ1) is 25.6. The number of carbonyl (C=O) groups is 2. The Kier molecular flexibility index (Phi) is 7.35. The summed E-state index contributed by atoms with van der Waals surface area (Å²) in [5, 5.41) is 0.593. The van der Waals surface area contributed by atoms with E-state index in [0.29, 0.717) is 40.7 Å². The summed E-state index contributed by atoms with van der Waals surface area (Å²) in [5.74, 6) is 0.482. The van der Waals surface area contributed by atoms with Crippen LogP contribution >= 0.6 is 11.6 Å². The maximum absolute atomic E-state index is 13.4. The highest BCUT2D eigenvalue weighted by Gasteiger charge is 2.30. The van der Waals surface area contributed by atoms with Gasteiger partial charge in [0.05, 0.1) is 18.7 Å². The molecule has 2 aliphatic heterocycles. The van der Waals surface area contributed by atoms with Crippen LogP contribution in [0.5, 0.6) is 0 Å². The molecule has 39 heavy (non-hydrogen) atoms. The molecule has 1 amide bonds. The van der Waals surface area contributed by atoms with Gasteiger partial charge in [0, 0.05) is 60.9 Å². The molecule has 1 fully saturated rings. The number of benzene rings is 2. The molecule has 0 N–H and O–H groups in total. The van der Waals surface area contributed by atoms with Gasteiger partial charge >= 0.3 is 0 Å². The van der Waals surface area contributed by atoms with Gasteiger partial charge in [-0.05, 0) is 42.8 Å². The van der Waals surface area contributed by atoms with Crippen molar-refractivity contribution in [2.75, 3.05) is 37.6 Å². The van der Waals surface area contributed by atoms with E-state index in [-0.39, 0.29) is 18.1 Å². The van der Waals surface area contributed by atoms with Crippen molar-refractivity contribution in [3.63, 3.8) is 0 Å². The number of piperazine rings is 1. The van der Waals surface area contributed by atoms with Crippen molar-refractivity contribution in [2.45, 2.75) is 32.2 Å². The Morgan fingerprint density at radius 2 is 1.92 bits per heavy atom. The van der Waals surface area contributed by atoms with Crippen molar-refractivity contribution in [3.8, 4) is 11.3 Å². The predicted octanol–water partition coefficient (Wildman–Crippen LogP) is 5.51. The minimum atomic E-state index is -0.125. The summed E-state index contributed by atoms with van der Waals surface area (Å²) in [6.07, 6.45) is 10.3. The third kappa shape index (κ3) is 5.42. The standard InChI is InChI=1S/C31H31ClN4O3/c32-26-9-4-1-6-23(26)20-36-27-18-22(11-12-25(27)31-29(19-30(36)38)39-21-33-31)28(37)10-5-13-34-14-16-35(17-15-34)24-7-2-3-8-24/h1-4,6-7,9,11-12,18,21H,5,8,10,13-17,19-20H2. The molecule has 8 heteroatoms. The molecule has 200 valence electrons. The Bertz CT molecular complexity index is 1450. The molecule has 3 aromatic rings. The van der Waals surface area contributed by atoms with Crippen LogP contribution in [-0.4, -0.2) is 59.2 Å². The molecule has 1 aliphatic carbocycles. The number of halogens is 1. The van der Waals surface area contributed by atoms with E-state index in [1.165, 1.54) is 12.1 Å². The number of Topliss-reactive ketones (excluding diaryl/α,β-unsaturated/α-hetero) is 1. The fourth-order valence-electron chi connectivity index (χ4n) is 5.62. The lowest BCUT2D eigenvalue weighted by atomic mass is 10.0. The summed E-state index contributed by atoms with van der Waals surface area (Å²) < 4.78 is 5.54. The summed E-state index contributed by atoms with van der Waals surface area (Å²) in [6, 6.07) is 13.0. The monoisotopic (exact) mass is 542 g/mol. The number of allylic oxidation sites excluding steroid dienone is 3. The predicted molar refractivity (Wildman–Crippen MR) is 152 cm³/mol. The number of ketones is 1. The number of nitrogens with zero attached hydrogens (tertiary/aromatic N) is 4. The molecular formula is C31H31ClN4O3. The van der Waals surface area contributed by atoms with Crippen molar-refractivity contribution in [2.24, 2.45) is 0 Å². The van der Waals surface area contributed by atoms with Gasteiger partial charge in [-0.15, -0.1) is 0 Å². The SMILES string of the molecule is O=C(CCCN1CCN(C2=CC=CC2)CC1)c1ccc2c(c1)N(Cc1ccccc1Cl)C(=O)Cc1ocnc1-2. The quantitative estimate of drug-likeness (QED) is 0.350. The minimum absolute atomic E-state index is 0.0772. The Morgan fingerprint density at radius 3 is 2.72 bits per heavy atom. The molecule has 0 saturated carbocycles. The van der Waals surface area contributed by atoms with E-state index in [9.17, 15) is 9.59 Å². The largest absolute Gasteiger partial charge is 0.447 e. The first-order valence-electron chi connectivity index (χ1n) is 13.5. The molecule has 0 spiro atoms. The number of hydrogen-bond acceptors (Lipinski definition) is 6. The van der Waals surface area contributed by atoms with E-state index in [2.05, 4.69) is 33.0 Å². The normalized spacial score (nSPS) is 17.2. The van der Waals surface area contributed by atoms with Crippen LogP contribution in [0.15, 0.2) is 77.2 Å². The van der Waals surface area contributed by atoms with Gasteiger partial charge in [-0.3, -0.25) is 14.5 Å². The third-order valence-corrected chi connectivity index (χ3v) is 8.18. The molecule has 1 aromatic heterocycles. The maximum Gasteiger partial charge on any atom is 0.235 e. The van der Waals surface area contributed by atoms with Crippen molar-refractivity contribution in [1.82, 2.24) is 14.8 Å². The fourth-order valence-corrected chi connectivity index (χ4v) is 5.81. The van der Waals surface area contributed by atoms with E-state index in [4.69, 9.17) is 16.0 Å². The lowest BCUT2D eigenvalue weighted by Crippen LogP contribution is -2.45. The van der Waals surface area contributed by atoms with Gasteiger partial charge in [0.1, 0.15) is 11.5 Å². The van der Waals surface area contributed by atoms with Crippen molar-refractivity contribution in [1.29, 1.82) is 0 Å². The summed E-state index contributed by atoms with van der Waals surface area (Å²) in [6.45, 7) is 5.30. The maximum atomic E-state index is 13.4. The van der Waals surface area contributed by atoms with Crippen LogP contribution in [0.25, 0.3) is 11.3 Å². The Morgan fingerprint density at radius 1 is 1.08 bits per heavy atom. The zero-order valence-electron chi connectivity index (χ0n) is 21.8. The topological polar surface area (TPSA) is 69.9 Å². The van der Waals surface area contributed by atoms with E-state index in [1.807, 2.05) is 42.5 Å². The average Bonchev–Trinajstić information content (AvgIpc) is 3.64. The Labute approximate surface area is 233 Å². The van der Waals surface area contributed by atoms with Gasteiger partial charge in [-0.1, -0.05) is 48.0 Å². The molecule has 0 radical (unpaired) electrons. The second-order valence-electron chi connectivity index (χ2n) is 10.2. The molecule has 6 rings (SSSR count). The summed E-state index contributed by atoms with van der Waals surface area (Å²) in [7, 11) is 0. The molecule has 2 aromatic carbocycles. The van der Waals surface area contributed by atoms with Crippen LogP contribution in [-0.2, 0) is 17.8 Å². The van der Waals surface area contributed by atoms with Crippen LogP contribution in [0.2, 0.25) is 5.02 Å². The zero-order chi connectivity index (χ0) is 26.8. The third-order valence-electron chi connectivity index (χ3n) is 7.81. The second kappa shape index (κ2) is 11.2. The number of fused-ring (bicyclic) bond motifs is 3. The molecule has 0 bridgehead atoms. The lowest BCUT2D eigenvalue weighted by molar-refractivity contribution is -0.118. The summed E-state index contributed by atoms with van der Waals surface area (Å²) in [5.41, 5.74) is 4.92. The highest BCUT2D eigenvalue weighted by Crippen LogP contribution is 2.38. The van der Waals surface area contributed by atoms with Crippen LogP contribution < -0.4 is 4.90 Å². The van der Waals surface area contributed by atoms with Crippen molar-refractivity contribution >= 4 is 29.0 Å². The summed E-state index contributed by atoms with van der Waals surface area (Å²) >= 11 is 6.44. The van der Waals surface area contributed by atoms with Crippen molar-refractivity contribution < 1.29 is 14.0 Å². The van der Waals surface area contributed by atoms with E-state index >= 15 is 0 Å². The van der Waals surface area contributed by atoms with Gasteiger partial charge in [0.15, 0.2) is 12.2 Å². The van der Waals surface area contributed by atoms with Crippen LogP contribution in [0.3, 0.4) is 0 Å². The second-order valence-corrected chi connectivity index (χ2v) is 10.7. The van der Waals surface area contributed by atoms with Gasteiger partial charge in [0.25, 0.3) is 0 Å². The van der Waals surface area contributed by atoms with Gasteiger partial charge in [0.2, 0.25) is 5.91 Å². The Balaban J connectivity index is 1.15. The number of hydrogen-bond donors (Lipinski definition) is 0. The van der Waals surface area contributed by atoms with Crippen LogP contribution in [0.4, 0.5) is 5.69 Å².